The van der Waals surface area contributed by atoms with Crippen molar-refractivity contribution in [3.8, 4) is 11.4 Å². The first-order chi connectivity index (χ1) is 10.7. The van der Waals surface area contributed by atoms with Crippen molar-refractivity contribution in [1.82, 2.24) is 14.5 Å². The van der Waals surface area contributed by atoms with Crippen LogP contribution in [0.3, 0.4) is 0 Å². The van der Waals surface area contributed by atoms with Crippen LogP contribution in [0.2, 0.25) is 0 Å². The molecule has 22 heavy (non-hydrogen) atoms. The van der Waals surface area contributed by atoms with Gasteiger partial charge in [-0.05, 0) is 36.8 Å². The van der Waals surface area contributed by atoms with Crippen LogP contribution in [0.4, 0.5) is 5.69 Å². The fourth-order valence-electron chi connectivity index (χ4n) is 3.16. The third-order valence-corrected chi connectivity index (χ3v) is 4.25. The van der Waals surface area contributed by atoms with E-state index in [1.165, 1.54) is 0 Å². The van der Waals surface area contributed by atoms with Crippen LogP contribution in [0.25, 0.3) is 22.4 Å². The van der Waals surface area contributed by atoms with Gasteiger partial charge in [0, 0.05) is 37.2 Å². The zero-order chi connectivity index (χ0) is 15.3. The molecule has 5 heteroatoms. The lowest BCUT2D eigenvalue weighted by atomic mass is 10.1. The number of rotatable bonds is 2. The second kappa shape index (κ2) is 4.66. The maximum absolute atomic E-state index is 12.0. The van der Waals surface area contributed by atoms with Crippen LogP contribution < -0.4 is 4.90 Å². The minimum atomic E-state index is 0.167. The summed E-state index contributed by atoms with van der Waals surface area (Å²) in [6.45, 7) is 2.69. The third kappa shape index (κ3) is 1.75. The summed E-state index contributed by atoms with van der Waals surface area (Å²) in [5, 5.41) is 0. The summed E-state index contributed by atoms with van der Waals surface area (Å²) >= 11 is 0. The molecule has 1 aromatic carbocycles. The van der Waals surface area contributed by atoms with E-state index in [-0.39, 0.29) is 5.91 Å². The van der Waals surface area contributed by atoms with Crippen molar-refractivity contribution < 1.29 is 4.79 Å². The fourth-order valence-corrected chi connectivity index (χ4v) is 3.16. The first-order valence-electron chi connectivity index (χ1n) is 7.39. The largest absolute Gasteiger partial charge is 0.327 e. The molecule has 0 N–H and O–H groups in total. The summed E-state index contributed by atoms with van der Waals surface area (Å²) in [6, 6.07) is 8.03. The minimum Gasteiger partial charge on any atom is -0.327 e. The van der Waals surface area contributed by atoms with Crippen molar-refractivity contribution in [1.29, 1.82) is 0 Å². The molecule has 0 aliphatic carbocycles. The minimum absolute atomic E-state index is 0.167. The number of benzene rings is 1. The molecule has 4 rings (SSSR count). The molecule has 0 spiro atoms. The quantitative estimate of drug-likeness (QED) is 0.729. The predicted molar refractivity (Wildman–Crippen MR) is 85.7 cm³/mol. The molecule has 110 valence electrons. The predicted octanol–water partition coefficient (Wildman–Crippen LogP) is 2.54. The van der Waals surface area contributed by atoms with Crippen molar-refractivity contribution in [3.63, 3.8) is 0 Å². The number of imidazole rings is 1. The Morgan fingerprint density at radius 3 is 2.91 bits per heavy atom. The van der Waals surface area contributed by atoms with Crippen LogP contribution in [-0.2, 0) is 18.3 Å². The molecule has 0 bridgehead atoms. The number of pyridine rings is 1. The Hall–Kier alpha value is -2.69. The van der Waals surface area contributed by atoms with E-state index in [1.807, 2.05) is 43.3 Å². The molecule has 0 unspecified atom stereocenters. The van der Waals surface area contributed by atoms with Crippen molar-refractivity contribution in [2.45, 2.75) is 13.3 Å². The highest BCUT2D eigenvalue weighted by molar-refractivity contribution is 6.04. The molecule has 5 nitrogen and oxygen atoms in total. The van der Waals surface area contributed by atoms with Gasteiger partial charge in [0.15, 0.2) is 0 Å². The molecular formula is C17H16N4O. The highest BCUT2D eigenvalue weighted by Gasteiger charge is 2.27. The Bertz CT molecular complexity index is 883. The van der Waals surface area contributed by atoms with E-state index in [0.717, 1.165) is 33.7 Å². The lowest BCUT2D eigenvalue weighted by Gasteiger charge is -2.14. The van der Waals surface area contributed by atoms with Crippen LogP contribution in [0.15, 0.2) is 36.7 Å². The first-order valence-corrected chi connectivity index (χ1v) is 7.39. The van der Waals surface area contributed by atoms with E-state index in [0.29, 0.717) is 13.0 Å². The molecule has 1 aliphatic heterocycles. The molecule has 3 heterocycles. The summed E-state index contributed by atoms with van der Waals surface area (Å²) in [5.41, 5.74) is 5.03. The number of nitrogens with zero attached hydrogens (tertiary/aromatic N) is 4. The number of anilines is 1. The Labute approximate surface area is 128 Å². The number of aryl methyl sites for hydroxylation is 1. The van der Waals surface area contributed by atoms with Crippen LogP contribution in [0.1, 0.15) is 12.5 Å². The smallest absolute Gasteiger partial charge is 0.231 e. The third-order valence-electron chi connectivity index (χ3n) is 4.25. The fraction of sp³-hybridized carbons (Fsp3) is 0.235. The lowest BCUT2D eigenvalue weighted by Crippen LogP contribution is -2.25. The summed E-state index contributed by atoms with van der Waals surface area (Å²) in [6.07, 6.45) is 4.05. The standard InChI is InChI=1S/C17H16N4O/c1-3-21-14-9-13-15(7-12(14)8-16(21)22)20(2)17(19-13)11-5-4-6-18-10-11/h4-7,9-10H,3,8H2,1-2H3. The average molecular weight is 292 g/mol. The highest BCUT2D eigenvalue weighted by Crippen LogP contribution is 2.34. The SMILES string of the molecule is CCN1C(=O)Cc2cc3c(cc21)nc(-c1cccnc1)n3C. The van der Waals surface area contributed by atoms with Crippen LogP contribution in [-0.4, -0.2) is 27.0 Å². The number of carbonyl (C=O) groups excluding carboxylic acids is 1. The number of amides is 1. The van der Waals surface area contributed by atoms with Gasteiger partial charge in [-0.3, -0.25) is 9.78 Å². The van der Waals surface area contributed by atoms with Gasteiger partial charge in [-0.2, -0.15) is 0 Å². The molecule has 0 saturated heterocycles. The normalized spacial score (nSPS) is 13.9. The molecule has 1 amide bonds. The number of likely N-dealkylation sites (N-methyl/N-ethyl adjacent to an activating group) is 1. The van der Waals surface area contributed by atoms with E-state index in [4.69, 9.17) is 4.98 Å². The monoisotopic (exact) mass is 292 g/mol. The zero-order valence-corrected chi connectivity index (χ0v) is 12.6. The van der Waals surface area contributed by atoms with Gasteiger partial charge in [0.05, 0.1) is 17.5 Å². The van der Waals surface area contributed by atoms with Crippen molar-refractivity contribution >= 4 is 22.6 Å². The average Bonchev–Trinajstić information content (AvgIpc) is 3.02. The maximum Gasteiger partial charge on any atom is 0.231 e. The molecule has 2 aromatic heterocycles. The molecule has 0 saturated carbocycles. The topological polar surface area (TPSA) is 51.0 Å². The number of hydrogen-bond donors (Lipinski definition) is 0. The molecule has 0 radical (unpaired) electrons. The Morgan fingerprint density at radius 1 is 1.32 bits per heavy atom. The second-order valence-corrected chi connectivity index (χ2v) is 5.52. The Morgan fingerprint density at radius 2 is 2.18 bits per heavy atom. The van der Waals surface area contributed by atoms with E-state index in [2.05, 4.69) is 15.6 Å². The van der Waals surface area contributed by atoms with Gasteiger partial charge in [0.25, 0.3) is 0 Å². The molecule has 0 fully saturated rings. The summed E-state index contributed by atoms with van der Waals surface area (Å²) in [7, 11) is 2.00. The first kappa shape index (κ1) is 13.0. The van der Waals surface area contributed by atoms with Crippen LogP contribution in [0.5, 0.6) is 0 Å². The Kier molecular flexibility index (Phi) is 2.76. The maximum atomic E-state index is 12.0. The molecule has 3 aromatic rings. The zero-order valence-electron chi connectivity index (χ0n) is 12.6. The summed E-state index contributed by atoms with van der Waals surface area (Å²) in [5.74, 6) is 1.06. The van der Waals surface area contributed by atoms with Crippen molar-refractivity contribution in [2.24, 2.45) is 7.05 Å². The van der Waals surface area contributed by atoms with E-state index >= 15 is 0 Å². The second-order valence-electron chi connectivity index (χ2n) is 5.52. The lowest BCUT2D eigenvalue weighted by molar-refractivity contribution is -0.117. The van der Waals surface area contributed by atoms with E-state index < -0.39 is 0 Å². The number of carbonyl (C=O) groups is 1. The van der Waals surface area contributed by atoms with E-state index in [9.17, 15) is 4.79 Å². The van der Waals surface area contributed by atoms with Gasteiger partial charge < -0.3 is 9.47 Å². The van der Waals surface area contributed by atoms with Crippen LogP contribution >= 0.6 is 0 Å². The number of aromatic nitrogens is 3. The van der Waals surface area contributed by atoms with Crippen molar-refractivity contribution in [2.75, 3.05) is 11.4 Å². The molecule has 0 atom stereocenters. The van der Waals surface area contributed by atoms with Gasteiger partial charge in [-0.15, -0.1) is 0 Å². The summed E-state index contributed by atoms with van der Waals surface area (Å²) < 4.78 is 2.06. The molecule has 1 aliphatic rings. The number of fused-ring (bicyclic) bond motifs is 2. The number of hydrogen-bond acceptors (Lipinski definition) is 3. The van der Waals surface area contributed by atoms with Crippen molar-refractivity contribution in [3.05, 3.63) is 42.2 Å². The Balaban J connectivity index is 1.92. The van der Waals surface area contributed by atoms with Gasteiger partial charge in [0.1, 0.15) is 5.82 Å². The highest BCUT2D eigenvalue weighted by atomic mass is 16.2. The van der Waals surface area contributed by atoms with E-state index in [1.54, 1.807) is 6.20 Å². The molecular weight excluding hydrogens is 276 g/mol. The van der Waals surface area contributed by atoms with Crippen LogP contribution in [0, 0.1) is 0 Å². The van der Waals surface area contributed by atoms with Gasteiger partial charge in [-0.1, -0.05) is 0 Å². The van der Waals surface area contributed by atoms with Gasteiger partial charge >= 0.3 is 0 Å². The summed E-state index contributed by atoms with van der Waals surface area (Å²) in [4.78, 5) is 22.8. The van der Waals surface area contributed by atoms with Gasteiger partial charge in [-0.25, -0.2) is 4.98 Å². The van der Waals surface area contributed by atoms with Gasteiger partial charge in [0.2, 0.25) is 5.91 Å².